The third-order valence-corrected chi connectivity index (χ3v) is 2.41. The van der Waals surface area contributed by atoms with E-state index in [-0.39, 0.29) is 62.8 Å². The van der Waals surface area contributed by atoms with Gasteiger partial charge in [-0.2, -0.15) is 0 Å². The zero-order valence-corrected chi connectivity index (χ0v) is 13.6. The summed E-state index contributed by atoms with van der Waals surface area (Å²) in [5.74, 6) is -0.970. The molecule has 0 spiro atoms. The SMILES string of the molecule is O=C([O-])c1ccc(COc2ccc(F)cc2)cc1.[K+]. The smallest absolute Gasteiger partial charge is 0.545 e. The molecule has 92 valence electrons. The molecule has 0 aliphatic rings. The van der Waals surface area contributed by atoms with E-state index in [4.69, 9.17) is 4.74 Å². The summed E-state index contributed by atoms with van der Waals surface area (Å²) in [6, 6.07) is 11.9. The molecule has 5 heteroatoms. The maximum absolute atomic E-state index is 12.7. The third kappa shape index (κ3) is 5.04. The Hall–Kier alpha value is -0.724. The molecule has 0 unspecified atom stereocenters. The average Bonchev–Trinajstić information content (AvgIpc) is 2.38. The summed E-state index contributed by atoms with van der Waals surface area (Å²) in [7, 11) is 0. The fraction of sp³-hybridized carbons (Fsp3) is 0.0714. The van der Waals surface area contributed by atoms with E-state index in [1.807, 2.05) is 0 Å². The number of carboxylic acid groups (broad SMARTS) is 1. The predicted octanol–water partition coefficient (Wildman–Crippen LogP) is -1.23. The van der Waals surface area contributed by atoms with Crippen molar-refractivity contribution in [1.29, 1.82) is 0 Å². The molecule has 0 aliphatic carbocycles. The van der Waals surface area contributed by atoms with Gasteiger partial charge in [-0.05, 0) is 35.4 Å². The molecule has 0 fully saturated rings. The van der Waals surface area contributed by atoms with Gasteiger partial charge in [0.2, 0.25) is 0 Å². The maximum atomic E-state index is 12.7. The molecule has 2 aromatic carbocycles. The van der Waals surface area contributed by atoms with Crippen molar-refractivity contribution in [3.05, 3.63) is 65.5 Å². The van der Waals surface area contributed by atoms with Gasteiger partial charge in [0.25, 0.3) is 0 Å². The Bertz CT molecular complexity index is 538. The van der Waals surface area contributed by atoms with Gasteiger partial charge in [0, 0.05) is 0 Å². The number of aromatic carboxylic acids is 1. The molecule has 0 amide bonds. The number of carboxylic acids is 1. The van der Waals surface area contributed by atoms with Crippen molar-refractivity contribution in [1.82, 2.24) is 0 Å². The van der Waals surface area contributed by atoms with Crippen molar-refractivity contribution < 1.29 is 70.4 Å². The molecule has 2 aromatic rings. The van der Waals surface area contributed by atoms with Crippen LogP contribution < -0.4 is 61.2 Å². The summed E-state index contributed by atoms with van der Waals surface area (Å²) in [5.41, 5.74) is 0.949. The third-order valence-electron chi connectivity index (χ3n) is 2.41. The predicted molar refractivity (Wildman–Crippen MR) is 61.5 cm³/mol. The van der Waals surface area contributed by atoms with Gasteiger partial charge in [0.15, 0.2) is 0 Å². The molecule has 2 rings (SSSR count). The number of rotatable bonds is 4. The Morgan fingerprint density at radius 2 is 1.63 bits per heavy atom. The van der Waals surface area contributed by atoms with Crippen molar-refractivity contribution in [2.45, 2.75) is 6.61 Å². The van der Waals surface area contributed by atoms with E-state index in [1.165, 1.54) is 36.4 Å². The molecule has 0 bridgehead atoms. The van der Waals surface area contributed by atoms with E-state index in [1.54, 1.807) is 12.1 Å². The minimum atomic E-state index is -1.21. The summed E-state index contributed by atoms with van der Waals surface area (Å²) in [5, 5.41) is 10.5. The van der Waals surface area contributed by atoms with Crippen molar-refractivity contribution >= 4 is 5.97 Å². The molecule has 0 aromatic heterocycles. The van der Waals surface area contributed by atoms with Crippen LogP contribution in [0.4, 0.5) is 4.39 Å². The van der Waals surface area contributed by atoms with Crippen molar-refractivity contribution in [3.8, 4) is 5.75 Å². The molecule has 0 N–H and O–H groups in total. The molecule has 0 saturated carbocycles. The van der Waals surface area contributed by atoms with Crippen LogP contribution in [0.2, 0.25) is 0 Å². The van der Waals surface area contributed by atoms with E-state index >= 15 is 0 Å². The fourth-order valence-electron chi connectivity index (χ4n) is 1.43. The summed E-state index contributed by atoms with van der Waals surface area (Å²) in [6.45, 7) is 0.291. The number of halogens is 1. The Morgan fingerprint density at radius 1 is 1.05 bits per heavy atom. The van der Waals surface area contributed by atoms with Crippen LogP contribution in [0.5, 0.6) is 5.75 Å². The number of carbonyl (C=O) groups is 1. The molecular formula is C14H10FKO3. The van der Waals surface area contributed by atoms with Gasteiger partial charge in [0.05, 0.1) is 5.97 Å². The van der Waals surface area contributed by atoms with Gasteiger partial charge in [-0.25, -0.2) is 4.39 Å². The molecule has 0 heterocycles. The summed E-state index contributed by atoms with van der Waals surface area (Å²) >= 11 is 0. The maximum Gasteiger partial charge on any atom is 1.00 e. The van der Waals surface area contributed by atoms with Crippen LogP contribution in [-0.4, -0.2) is 5.97 Å². The van der Waals surface area contributed by atoms with Crippen LogP contribution in [0.15, 0.2) is 48.5 Å². The van der Waals surface area contributed by atoms with Crippen LogP contribution in [0.3, 0.4) is 0 Å². The van der Waals surface area contributed by atoms with E-state index in [0.29, 0.717) is 12.4 Å². The quantitative estimate of drug-likeness (QED) is 0.661. The molecule has 0 aliphatic heterocycles. The van der Waals surface area contributed by atoms with Crippen molar-refractivity contribution in [3.63, 3.8) is 0 Å². The normalized spacial score (nSPS) is 9.53. The van der Waals surface area contributed by atoms with Crippen LogP contribution in [0.25, 0.3) is 0 Å². The van der Waals surface area contributed by atoms with Gasteiger partial charge in [-0.1, -0.05) is 24.3 Å². The van der Waals surface area contributed by atoms with Crippen LogP contribution in [-0.2, 0) is 6.61 Å². The van der Waals surface area contributed by atoms with Crippen LogP contribution >= 0.6 is 0 Å². The second-order valence-electron chi connectivity index (χ2n) is 3.73. The van der Waals surface area contributed by atoms with E-state index in [2.05, 4.69) is 0 Å². The first-order chi connectivity index (χ1) is 8.65. The van der Waals surface area contributed by atoms with Crippen molar-refractivity contribution in [2.75, 3.05) is 0 Å². The van der Waals surface area contributed by atoms with Crippen molar-refractivity contribution in [2.24, 2.45) is 0 Å². The standard InChI is InChI=1S/C14H11FO3.K/c15-12-5-7-13(8-6-12)18-9-10-1-3-11(4-2-10)14(16)17;/h1-8H,9H2,(H,16,17);/q;+1/p-1. The van der Waals surface area contributed by atoms with E-state index < -0.39 is 5.97 Å². The van der Waals surface area contributed by atoms with Gasteiger partial charge in [-0.3, -0.25) is 0 Å². The van der Waals surface area contributed by atoms with Crippen LogP contribution in [0, 0.1) is 5.82 Å². The number of hydrogen-bond acceptors (Lipinski definition) is 3. The minimum absolute atomic E-state index is 0. The van der Waals surface area contributed by atoms with Gasteiger partial charge >= 0.3 is 51.4 Å². The number of hydrogen-bond donors (Lipinski definition) is 0. The molecule has 0 atom stereocenters. The Balaban J connectivity index is 0.00000180. The topological polar surface area (TPSA) is 49.4 Å². The zero-order chi connectivity index (χ0) is 13.0. The zero-order valence-electron chi connectivity index (χ0n) is 10.4. The minimum Gasteiger partial charge on any atom is -0.545 e. The largest absolute Gasteiger partial charge is 1.00 e. The molecule has 19 heavy (non-hydrogen) atoms. The number of carbonyl (C=O) groups excluding carboxylic acids is 1. The fourth-order valence-corrected chi connectivity index (χ4v) is 1.43. The van der Waals surface area contributed by atoms with Gasteiger partial charge in [-0.15, -0.1) is 0 Å². The first-order valence-corrected chi connectivity index (χ1v) is 5.34. The Kier molecular flexibility index (Phi) is 6.68. The van der Waals surface area contributed by atoms with Gasteiger partial charge < -0.3 is 14.6 Å². The molecule has 3 nitrogen and oxygen atoms in total. The Morgan fingerprint density at radius 3 is 2.16 bits per heavy atom. The average molecular weight is 284 g/mol. The van der Waals surface area contributed by atoms with E-state index in [9.17, 15) is 14.3 Å². The molecule has 0 radical (unpaired) electrons. The Labute approximate surface area is 152 Å². The summed E-state index contributed by atoms with van der Waals surface area (Å²) in [6.07, 6.45) is 0. The summed E-state index contributed by atoms with van der Waals surface area (Å²) < 4.78 is 18.1. The van der Waals surface area contributed by atoms with E-state index in [0.717, 1.165) is 5.56 Å². The van der Waals surface area contributed by atoms with Crippen LogP contribution in [0.1, 0.15) is 15.9 Å². The number of benzene rings is 2. The molecule has 0 saturated heterocycles. The summed E-state index contributed by atoms with van der Waals surface area (Å²) in [4.78, 5) is 10.5. The van der Waals surface area contributed by atoms with Gasteiger partial charge in [0.1, 0.15) is 18.2 Å². The number of ether oxygens (including phenoxy) is 1. The first-order valence-electron chi connectivity index (χ1n) is 5.34. The first kappa shape index (κ1) is 16.3. The molecular weight excluding hydrogens is 274 g/mol. The second-order valence-corrected chi connectivity index (χ2v) is 3.73. The second kappa shape index (κ2) is 7.77. The monoisotopic (exact) mass is 284 g/mol.